The smallest absolute Gasteiger partial charge is 0.185 e. The number of hydrogen-bond donors (Lipinski definition) is 1. The van der Waals surface area contributed by atoms with Gasteiger partial charge < -0.3 is 15.1 Å². The highest BCUT2D eigenvalue weighted by Crippen LogP contribution is 2.32. The largest absolute Gasteiger partial charge is 0.347 e. The van der Waals surface area contributed by atoms with Crippen LogP contribution in [0.5, 0.6) is 0 Å². The van der Waals surface area contributed by atoms with Gasteiger partial charge in [0.05, 0.1) is 5.69 Å². The first-order valence-electron chi connectivity index (χ1n) is 8.15. The van der Waals surface area contributed by atoms with Crippen molar-refractivity contribution in [2.75, 3.05) is 38.6 Å². The maximum Gasteiger partial charge on any atom is 0.185 e. The highest BCUT2D eigenvalue weighted by atomic mass is 32.1. The van der Waals surface area contributed by atoms with Gasteiger partial charge in [-0.3, -0.25) is 0 Å². The van der Waals surface area contributed by atoms with Crippen molar-refractivity contribution in [3.8, 4) is 0 Å². The molecule has 0 bridgehead atoms. The quantitative estimate of drug-likeness (QED) is 0.875. The third-order valence-electron chi connectivity index (χ3n) is 4.36. The van der Waals surface area contributed by atoms with Crippen LogP contribution in [-0.2, 0) is 0 Å². The molecule has 2 unspecified atom stereocenters. The SMILES string of the molecule is CCCNC(C)c1sc(N(C)C2CCCN(C)C2)nc1C. The van der Waals surface area contributed by atoms with E-state index in [2.05, 4.69) is 50.0 Å². The van der Waals surface area contributed by atoms with Crippen LogP contribution in [0.4, 0.5) is 5.13 Å². The zero-order valence-electron chi connectivity index (χ0n) is 14.1. The standard InChI is InChI=1S/C16H30N4S/c1-6-9-17-12(2)15-13(3)18-16(21-15)20(5)14-8-7-10-19(4)11-14/h12,14,17H,6-11H2,1-5H3. The maximum absolute atomic E-state index is 4.83. The van der Waals surface area contributed by atoms with E-state index >= 15 is 0 Å². The van der Waals surface area contributed by atoms with Gasteiger partial charge in [0.2, 0.25) is 0 Å². The van der Waals surface area contributed by atoms with Gasteiger partial charge in [0.1, 0.15) is 0 Å². The van der Waals surface area contributed by atoms with Crippen LogP contribution in [0, 0.1) is 6.92 Å². The Hall–Kier alpha value is -0.650. The van der Waals surface area contributed by atoms with Crippen LogP contribution in [-0.4, -0.2) is 49.7 Å². The average molecular weight is 311 g/mol. The summed E-state index contributed by atoms with van der Waals surface area (Å²) in [6, 6.07) is 1.000. The number of nitrogens with one attached hydrogen (secondary N) is 1. The number of likely N-dealkylation sites (tertiary alicyclic amines) is 1. The molecule has 0 spiro atoms. The van der Waals surface area contributed by atoms with E-state index in [1.54, 1.807) is 0 Å². The summed E-state index contributed by atoms with van der Waals surface area (Å²) in [6.45, 7) is 10.0. The summed E-state index contributed by atoms with van der Waals surface area (Å²) in [4.78, 5) is 11.0. The van der Waals surface area contributed by atoms with Gasteiger partial charge in [0.15, 0.2) is 5.13 Å². The van der Waals surface area contributed by atoms with Gasteiger partial charge in [-0.25, -0.2) is 4.98 Å². The topological polar surface area (TPSA) is 31.4 Å². The van der Waals surface area contributed by atoms with Crippen molar-refractivity contribution in [1.82, 2.24) is 15.2 Å². The summed E-state index contributed by atoms with van der Waals surface area (Å²) in [6.07, 6.45) is 3.74. The fourth-order valence-electron chi connectivity index (χ4n) is 3.01. The Kier molecular flexibility index (Phi) is 6.02. The molecule has 5 heteroatoms. The highest BCUT2D eigenvalue weighted by Gasteiger charge is 2.24. The van der Waals surface area contributed by atoms with Crippen molar-refractivity contribution in [3.63, 3.8) is 0 Å². The molecule has 120 valence electrons. The lowest BCUT2D eigenvalue weighted by Gasteiger charge is -2.35. The van der Waals surface area contributed by atoms with Gasteiger partial charge >= 0.3 is 0 Å². The van der Waals surface area contributed by atoms with Gasteiger partial charge in [0.25, 0.3) is 0 Å². The van der Waals surface area contributed by atoms with Crippen molar-refractivity contribution in [2.45, 2.75) is 52.1 Å². The van der Waals surface area contributed by atoms with Gasteiger partial charge in [-0.2, -0.15) is 0 Å². The summed E-state index contributed by atoms with van der Waals surface area (Å²) in [5.74, 6) is 0. The molecule has 0 aliphatic carbocycles. The van der Waals surface area contributed by atoms with Crippen LogP contribution >= 0.6 is 11.3 Å². The molecule has 2 atom stereocenters. The van der Waals surface area contributed by atoms with Crippen LogP contribution in [0.25, 0.3) is 0 Å². The number of piperidine rings is 1. The molecule has 1 aliphatic heterocycles. The highest BCUT2D eigenvalue weighted by molar-refractivity contribution is 7.15. The molecule has 0 saturated carbocycles. The Bertz CT molecular complexity index is 445. The number of aromatic nitrogens is 1. The molecule has 4 nitrogen and oxygen atoms in total. The molecule has 2 rings (SSSR count). The minimum Gasteiger partial charge on any atom is -0.347 e. The van der Waals surface area contributed by atoms with Crippen molar-refractivity contribution >= 4 is 16.5 Å². The Morgan fingerprint density at radius 3 is 2.95 bits per heavy atom. The molecule has 1 N–H and O–H groups in total. The monoisotopic (exact) mass is 310 g/mol. The third-order valence-corrected chi connectivity index (χ3v) is 5.79. The van der Waals surface area contributed by atoms with E-state index in [9.17, 15) is 0 Å². The molecule has 1 aromatic rings. The predicted molar refractivity (Wildman–Crippen MR) is 92.5 cm³/mol. The first kappa shape index (κ1) is 16.7. The Morgan fingerprint density at radius 2 is 2.29 bits per heavy atom. The normalized spacial score (nSPS) is 21.5. The molecule has 1 fully saturated rings. The summed E-state index contributed by atoms with van der Waals surface area (Å²) in [7, 11) is 4.42. The van der Waals surface area contributed by atoms with E-state index in [-0.39, 0.29) is 0 Å². The number of anilines is 1. The Morgan fingerprint density at radius 1 is 1.52 bits per heavy atom. The number of rotatable bonds is 6. The fourth-order valence-corrected chi connectivity index (χ4v) is 4.14. The lowest BCUT2D eigenvalue weighted by molar-refractivity contribution is 0.248. The molecule has 0 aromatic carbocycles. The predicted octanol–water partition coefficient (Wildman–Crippen LogP) is 3.04. The molecule has 1 aliphatic rings. The molecular weight excluding hydrogens is 280 g/mol. The van der Waals surface area contributed by atoms with Gasteiger partial charge in [-0.15, -0.1) is 11.3 Å². The molecular formula is C16H30N4S. The van der Waals surface area contributed by atoms with Gasteiger partial charge in [-0.05, 0) is 53.2 Å². The van der Waals surface area contributed by atoms with E-state index in [1.807, 2.05) is 11.3 Å². The summed E-state index contributed by atoms with van der Waals surface area (Å²) in [5, 5.41) is 4.75. The minimum absolute atomic E-state index is 0.402. The van der Waals surface area contributed by atoms with Crippen molar-refractivity contribution in [1.29, 1.82) is 0 Å². The molecule has 1 saturated heterocycles. The molecule has 2 heterocycles. The van der Waals surface area contributed by atoms with E-state index in [0.29, 0.717) is 12.1 Å². The van der Waals surface area contributed by atoms with Crippen molar-refractivity contribution < 1.29 is 0 Å². The lowest BCUT2D eigenvalue weighted by atomic mass is 10.1. The minimum atomic E-state index is 0.402. The third kappa shape index (κ3) is 4.18. The molecule has 0 radical (unpaired) electrons. The number of nitrogens with zero attached hydrogens (tertiary/aromatic N) is 3. The number of aryl methyl sites for hydroxylation is 1. The molecule has 1 aromatic heterocycles. The summed E-state index contributed by atoms with van der Waals surface area (Å²) < 4.78 is 0. The van der Waals surface area contributed by atoms with E-state index in [0.717, 1.165) is 13.1 Å². The molecule has 0 amide bonds. The number of thiazole rings is 1. The first-order chi connectivity index (χ1) is 10.0. The van der Waals surface area contributed by atoms with Crippen LogP contribution in [0.2, 0.25) is 0 Å². The average Bonchev–Trinajstić information content (AvgIpc) is 2.86. The first-order valence-corrected chi connectivity index (χ1v) is 8.96. The van der Waals surface area contributed by atoms with Crippen LogP contribution in [0.1, 0.15) is 49.7 Å². The van der Waals surface area contributed by atoms with Crippen LogP contribution in [0.3, 0.4) is 0 Å². The summed E-state index contributed by atoms with van der Waals surface area (Å²) >= 11 is 1.85. The van der Waals surface area contributed by atoms with Crippen LogP contribution < -0.4 is 10.2 Å². The van der Waals surface area contributed by atoms with E-state index in [4.69, 9.17) is 4.98 Å². The van der Waals surface area contributed by atoms with Crippen molar-refractivity contribution in [3.05, 3.63) is 10.6 Å². The second-order valence-electron chi connectivity index (χ2n) is 6.29. The zero-order valence-corrected chi connectivity index (χ0v) is 15.0. The lowest BCUT2D eigenvalue weighted by Crippen LogP contribution is -2.45. The van der Waals surface area contributed by atoms with Gasteiger partial charge in [-0.1, -0.05) is 6.92 Å². The zero-order chi connectivity index (χ0) is 15.4. The number of hydrogen-bond acceptors (Lipinski definition) is 5. The summed E-state index contributed by atoms with van der Waals surface area (Å²) in [5.41, 5.74) is 1.18. The van der Waals surface area contributed by atoms with E-state index in [1.165, 1.54) is 41.5 Å². The second-order valence-corrected chi connectivity index (χ2v) is 7.30. The Balaban J connectivity index is 2.06. The van der Waals surface area contributed by atoms with Crippen LogP contribution in [0.15, 0.2) is 0 Å². The maximum atomic E-state index is 4.83. The van der Waals surface area contributed by atoms with Gasteiger partial charge in [0, 0.05) is 30.6 Å². The van der Waals surface area contributed by atoms with E-state index < -0.39 is 0 Å². The molecule has 21 heavy (non-hydrogen) atoms. The number of likely N-dealkylation sites (N-methyl/N-ethyl adjacent to an activating group) is 2. The Labute approximate surface area is 133 Å². The second kappa shape index (κ2) is 7.56. The fraction of sp³-hybridized carbons (Fsp3) is 0.812. The van der Waals surface area contributed by atoms with Crippen molar-refractivity contribution in [2.24, 2.45) is 0 Å².